The highest BCUT2D eigenvalue weighted by molar-refractivity contribution is 6.30. The monoisotopic (exact) mass is 332 g/mol. The summed E-state index contributed by atoms with van der Waals surface area (Å²) < 4.78 is 1.96. The second-order valence-electron chi connectivity index (χ2n) is 5.96. The van der Waals surface area contributed by atoms with E-state index in [2.05, 4.69) is 15.6 Å². The summed E-state index contributed by atoms with van der Waals surface area (Å²) >= 11 is 6.01. The standard InChI is InChI=1S/C17H21ClN4O/c1-3-11-10-13(18)6-7-14(11)20-17(23)21-15(12-4-5-12)16-19-8-9-22(16)2/h6-10,12,15H,3-5H2,1-2H3,(H2,20,21,23)/t15-/m1/s1. The van der Waals surface area contributed by atoms with E-state index in [0.717, 1.165) is 36.3 Å². The van der Waals surface area contributed by atoms with Crippen LogP contribution in [-0.4, -0.2) is 15.6 Å². The van der Waals surface area contributed by atoms with Crippen molar-refractivity contribution in [3.63, 3.8) is 0 Å². The number of nitrogens with zero attached hydrogens (tertiary/aromatic N) is 2. The van der Waals surface area contributed by atoms with Crippen LogP contribution in [0.4, 0.5) is 10.5 Å². The summed E-state index contributed by atoms with van der Waals surface area (Å²) in [5, 5.41) is 6.69. The Kier molecular flexibility index (Phi) is 4.57. The van der Waals surface area contributed by atoms with E-state index >= 15 is 0 Å². The maximum atomic E-state index is 12.4. The van der Waals surface area contributed by atoms with Crippen LogP contribution in [0.1, 0.15) is 37.2 Å². The van der Waals surface area contributed by atoms with Gasteiger partial charge in [0.05, 0.1) is 6.04 Å². The van der Waals surface area contributed by atoms with Gasteiger partial charge in [0.1, 0.15) is 5.82 Å². The van der Waals surface area contributed by atoms with E-state index in [1.165, 1.54) is 0 Å². The molecule has 1 atom stereocenters. The fourth-order valence-corrected chi connectivity index (χ4v) is 2.97. The molecule has 1 heterocycles. The summed E-state index contributed by atoms with van der Waals surface area (Å²) in [4.78, 5) is 16.8. The van der Waals surface area contributed by atoms with Crippen molar-refractivity contribution in [2.45, 2.75) is 32.2 Å². The summed E-state index contributed by atoms with van der Waals surface area (Å²) in [6.45, 7) is 2.04. The first-order valence-corrected chi connectivity index (χ1v) is 8.29. The minimum atomic E-state index is -0.207. The number of nitrogens with one attached hydrogen (secondary N) is 2. The Labute approximate surface area is 141 Å². The molecule has 1 aliphatic rings. The number of carbonyl (C=O) groups excluding carboxylic acids is 1. The van der Waals surface area contributed by atoms with Crippen molar-refractivity contribution in [1.82, 2.24) is 14.9 Å². The van der Waals surface area contributed by atoms with E-state index < -0.39 is 0 Å². The van der Waals surface area contributed by atoms with Gasteiger partial charge in [0.25, 0.3) is 0 Å². The number of anilines is 1. The molecule has 2 amide bonds. The summed E-state index contributed by atoms with van der Waals surface area (Å²) in [6.07, 6.45) is 6.72. The topological polar surface area (TPSA) is 59.0 Å². The van der Waals surface area contributed by atoms with Gasteiger partial charge in [-0.2, -0.15) is 0 Å². The number of benzene rings is 1. The van der Waals surface area contributed by atoms with Crippen molar-refractivity contribution in [3.8, 4) is 0 Å². The van der Waals surface area contributed by atoms with Crippen LogP contribution < -0.4 is 10.6 Å². The molecule has 6 heteroatoms. The van der Waals surface area contributed by atoms with Crippen LogP contribution in [-0.2, 0) is 13.5 Å². The molecule has 122 valence electrons. The molecule has 5 nitrogen and oxygen atoms in total. The molecule has 2 aromatic rings. The first-order valence-electron chi connectivity index (χ1n) is 7.91. The van der Waals surface area contributed by atoms with Gasteiger partial charge in [-0.3, -0.25) is 0 Å². The highest BCUT2D eigenvalue weighted by Crippen LogP contribution is 2.40. The Bertz CT molecular complexity index is 708. The molecule has 0 saturated heterocycles. The van der Waals surface area contributed by atoms with E-state index in [9.17, 15) is 4.79 Å². The Morgan fingerprint density at radius 2 is 2.26 bits per heavy atom. The third-order valence-corrected chi connectivity index (χ3v) is 4.45. The Morgan fingerprint density at radius 1 is 1.48 bits per heavy atom. The largest absolute Gasteiger partial charge is 0.336 e. The number of hydrogen-bond acceptors (Lipinski definition) is 2. The SMILES string of the molecule is CCc1cc(Cl)ccc1NC(=O)N[C@@H](c1nccn1C)C1CC1. The lowest BCUT2D eigenvalue weighted by molar-refractivity contribution is 0.246. The van der Waals surface area contributed by atoms with Gasteiger partial charge in [-0.25, -0.2) is 9.78 Å². The van der Waals surface area contributed by atoms with Crippen molar-refractivity contribution in [1.29, 1.82) is 0 Å². The predicted octanol–water partition coefficient (Wildman–Crippen LogP) is 3.91. The Morgan fingerprint density at radius 3 is 2.87 bits per heavy atom. The van der Waals surface area contributed by atoms with Crippen molar-refractivity contribution in [2.75, 3.05) is 5.32 Å². The average Bonchev–Trinajstić information content (AvgIpc) is 3.28. The number of amides is 2. The zero-order valence-electron chi connectivity index (χ0n) is 13.3. The van der Waals surface area contributed by atoms with Gasteiger partial charge in [0.15, 0.2) is 0 Å². The molecule has 0 unspecified atom stereocenters. The van der Waals surface area contributed by atoms with Crippen LogP contribution in [0.5, 0.6) is 0 Å². The quantitative estimate of drug-likeness (QED) is 0.872. The van der Waals surface area contributed by atoms with Crippen LogP contribution in [0, 0.1) is 5.92 Å². The molecule has 23 heavy (non-hydrogen) atoms. The van der Waals surface area contributed by atoms with Crippen LogP contribution in [0.15, 0.2) is 30.6 Å². The predicted molar refractivity (Wildman–Crippen MR) is 91.7 cm³/mol. The zero-order valence-corrected chi connectivity index (χ0v) is 14.1. The van der Waals surface area contributed by atoms with Crippen LogP contribution in [0.3, 0.4) is 0 Å². The van der Waals surface area contributed by atoms with Crippen molar-refractivity contribution in [3.05, 3.63) is 47.0 Å². The minimum absolute atomic E-state index is 0.0487. The number of rotatable bonds is 5. The molecule has 3 rings (SSSR count). The number of imidazole rings is 1. The molecule has 2 N–H and O–H groups in total. The summed E-state index contributed by atoms with van der Waals surface area (Å²) in [6, 6.07) is 5.25. The normalized spacial score (nSPS) is 15.3. The van der Waals surface area contributed by atoms with E-state index in [-0.39, 0.29) is 12.1 Å². The Balaban J connectivity index is 1.72. The zero-order chi connectivity index (χ0) is 16.4. The first kappa shape index (κ1) is 15.9. The smallest absolute Gasteiger partial charge is 0.319 e. The molecule has 1 aromatic carbocycles. The van der Waals surface area contributed by atoms with Crippen LogP contribution >= 0.6 is 11.6 Å². The van der Waals surface area contributed by atoms with Gasteiger partial charge >= 0.3 is 6.03 Å². The molecule has 0 aliphatic heterocycles. The lowest BCUT2D eigenvalue weighted by Crippen LogP contribution is -2.35. The number of hydrogen-bond donors (Lipinski definition) is 2. The number of carbonyl (C=O) groups is 1. The number of aromatic nitrogens is 2. The number of aryl methyl sites for hydroxylation is 2. The van der Waals surface area contributed by atoms with Gasteiger partial charge in [-0.15, -0.1) is 0 Å². The van der Waals surface area contributed by atoms with Crippen LogP contribution in [0.2, 0.25) is 5.02 Å². The molecule has 0 bridgehead atoms. The van der Waals surface area contributed by atoms with Gasteiger partial charge in [0.2, 0.25) is 0 Å². The molecule has 1 aliphatic carbocycles. The fraction of sp³-hybridized carbons (Fsp3) is 0.412. The fourth-order valence-electron chi connectivity index (χ4n) is 2.78. The molecular formula is C17H21ClN4O. The third-order valence-electron chi connectivity index (χ3n) is 4.21. The lowest BCUT2D eigenvalue weighted by atomic mass is 10.1. The van der Waals surface area contributed by atoms with Gasteiger partial charge < -0.3 is 15.2 Å². The average molecular weight is 333 g/mol. The lowest BCUT2D eigenvalue weighted by Gasteiger charge is -2.19. The second kappa shape index (κ2) is 6.62. The van der Waals surface area contributed by atoms with Gasteiger partial charge in [-0.1, -0.05) is 18.5 Å². The molecule has 0 radical (unpaired) electrons. The van der Waals surface area contributed by atoms with E-state index in [1.807, 2.05) is 36.9 Å². The second-order valence-corrected chi connectivity index (χ2v) is 6.40. The maximum absolute atomic E-state index is 12.4. The molecule has 0 spiro atoms. The molecular weight excluding hydrogens is 312 g/mol. The van der Waals surface area contributed by atoms with E-state index in [0.29, 0.717) is 10.9 Å². The first-order chi connectivity index (χ1) is 11.1. The van der Waals surface area contributed by atoms with Crippen LogP contribution in [0.25, 0.3) is 0 Å². The highest BCUT2D eigenvalue weighted by atomic mass is 35.5. The van der Waals surface area contributed by atoms with Gasteiger partial charge in [-0.05, 0) is 48.9 Å². The van der Waals surface area contributed by atoms with E-state index in [1.54, 1.807) is 12.3 Å². The highest BCUT2D eigenvalue weighted by Gasteiger charge is 2.35. The summed E-state index contributed by atoms with van der Waals surface area (Å²) in [5.41, 5.74) is 1.82. The van der Waals surface area contributed by atoms with Crippen molar-refractivity contribution >= 4 is 23.3 Å². The van der Waals surface area contributed by atoms with E-state index in [4.69, 9.17) is 11.6 Å². The molecule has 1 aromatic heterocycles. The van der Waals surface area contributed by atoms with Crippen molar-refractivity contribution < 1.29 is 4.79 Å². The number of urea groups is 1. The number of halogens is 1. The molecule has 1 saturated carbocycles. The van der Waals surface area contributed by atoms with Gasteiger partial charge in [0, 0.05) is 30.2 Å². The maximum Gasteiger partial charge on any atom is 0.319 e. The minimum Gasteiger partial charge on any atom is -0.336 e. The molecule has 1 fully saturated rings. The summed E-state index contributed by atoms with van der Waals surface area (Å²) in [5.74, 6) is 1.37. The van der Waals surface area contributed by atoms with Crippen molar-refractivity contribution in [2.24, 2.45) is 13.0 Å². The Hall–Kier alpha value is -2.01. The summed E-state index contributed by atoms with van der Waals surface area (Å²) in [7, 11) is 1.95. The third kappa shape index (κ3) is 3.67.